The summed E-state index contributed by atoms with van der Waals surface area (Å²) in [5.74, 6) is -0.0961. The summed E-state index contributed by atoms with van der Waals surface area (Å²) in [7, 11) is 1.79. The molecule has 2 aromatic rings. The Bertz CT molecular complexity index is 555. The van der Waals surface area contributed by atoms with Crippen molar-refractivity contribution in [1.82, 2.24) is 9.88 Å². The van der Waals surface area contributed by atoms with E-state index in [4.69, 9.17) is 4.42 Å². The fourth-order valence-corrected chi connectivity index (χ4v) is 2.43. The van der Waals surface area contributed by atoms with E-state index in [2.05, 4.69) is 33.0 Å². The molecule has 0 saturated carbocycles. The minimum atomic E-state index is -0.0961. The quantitative estimate of drug-likeness (QED) is 0.758. The average Bonchev–Trinajstić information content (AvgIpc) is 2.96. The lowest BCUT2D eigenvalue weighted by Crippen LogP contribution is -2.28. The monoisotopic (exact) mass is 336 g/mol. The lowest BCUT2D eigenvalue weighted by molar-refractivity contribution is 0.0787. The number of benzene rings is 1. The van der Waals surface area contributed by atoms with E-state index >= 15 is 0 Å². The van der Waals surface area contributed by atoms with E-state index in [0.717, 1.165) is 30.3 Å². The molecule has 0 saturated heterocycles. The summed E-state index contributed by atoms with van der Waals surface area (Å²) in [4.78, 5) is 17.5. The fourth-order valence-electron chi connectivity index (χ4n) is 1.99. The van der Waals surface area contributed by atoms with Gasteiger partial charge in [0.1, 0.15) is 6.26 Å². The summed E-state index contributed by atoms with van der Waals surface area (Å²) in [6.45, 7) is 0.722. The molecule has 0 N–H and O–H groups in total. The zero-order valence-electron chi connectivity index (χ0n) is 11.4. The maximum atomic E-state index is 11.9. The van der Waals surface area contributed by atoms with Gasteiger partial charge in [-0.1, -0.05) is 28.1 Å². The van der Waals surface area contributed by atoms with Gasteiger partial charge in [-0.25, -0.2) is 4.98 Å². The van der Waals surface area contributed by atoms with Gasteiger partial charge in [0.15, 0.2) is 12.1 Å². The van der Waals surface area contributed by atoms with Crippen molar-refractivity contribution in [2.24, 2.45) is 0 Å². The number of aryl methyl sites for hydroxylation is 1. The fraction of sp³-hybridized carbons (Fsp3) is 0.333. The highest BCUT2D eigenvalue weighted by molar-refractivity contribution is 9.10. The highest BCUT2D eigenvalue weighted by Gasteiger charge is 2.13. The Hall–Kier alpha value is -1.62. The first-order valence-electron chi connectivity index (χ1n) is 6.55. The molecule has 0 unspecified atom stereocenters. The van der Waals surface area contributed by atoms with Gasteiger partial charge in [-0.2, -0.15) is 0 Å². The van der Waals surface area contributed by atoms with Crippen LogP contribution in [0.4, 0.5) is 0 Å². The molecule has 1 amide bonds. The van der Waals surface area contributed by atoms with Crippen molar-refractivity contribution in [2.75, 3.05) is 13.6 Å². The van der Waals surface area contributed by atoms with Crippen LogP contribution in [0, 0.1) is 0 Å². The molecule has 1 aromatic heterocycles. The standard InChI is InChI=1S/C15H17BrN2O2/c1-18(15(19)14-10-20-11-17-14)8-3-2-5-12-6-4-7-13(16)9-12/h4,6-7,9-11H,2-3,5,8H2,1H3. The van der Waals surface area contributed by atoms with Crippen LogP contribution >= 0.6 is 15.9 Å². The number of halogens is 1. The Balaban J connectivity index is 1.72. The van der Waals surface area contributed by atoms with Gasteiger partial charge in [-0.05, 0) is 37.0 Å². The second kappa shape index (κ2) is 7.24. The van der Waals surface area contributed by atoms with Gasteiger partial charge in [0, 0.05) is 18.1 Å². The second-order valence-electron chi connectivity index (χ2n) is 4.69. The van der Waals surface area contributed by atoms with Gasteiger partial charge in [0.05, 0.1) is 0 Å². The van der Waals surface area contributed by atoms with Gasteiger partial charge in [0.2, 0.25) is 0 Å². The third-order valence-corrected chi connectivity index (χ3v) is 3.59. The molecule has 0 spiro atoms. The van der Waals surface area contributed by atoms with E-state index < -0.39 is 0 Å². The van der Waals surface area contributed by atoms with Gasteiger partial charge in [-0.15, -0.1) is 0 Å². The van der Waals surface area contributed by atoms with Crippen molar-refractivity contribution in [2.45, 2.75) is 19.3 Å². The number of unbranched alkanes of at least 4 members (excludes halogenated alkanes) is 1. The topological polar surface area (TPSA) is 46.3 Å². The molecule has 0 aliphatic carbocycles. The molecule has 1 heterocycles. The second-order valence-corrected chi connectivity index (χ2v) is 5.60. The molecule has 5 heteroatoms. The van der Waals surface area contributed by atoms with Gasteiger partial charge in [0.25, 0.3) is 5.91 Å². The van der Waals surface area contributed by atoms with E-state index in [0.29, 0.717) is 5.69 Å². The molecule has 106 valence electrons. The van der Waals surface area contributed by atoms with Crippen LogP contribution in [0.1, 0.15) is 28.9 Å². The molecule has 2 rings (SSSR count). The molecular formula is C15H17BrN2O2. The highest BCUT2D eigenvalue weighted by atomic mass is 79.9. The number of oxazole rings is 1. The third-order valence-electron chi connectivity index (χ3n) is 3.10. The summed E-state index contributed by atoms with van der Waals surface area (Å²) in [6.07, 6.45) is 5.68. The van der Waals surface area contributed by atoms with E-state index in [-0.39, 0.29) is 5.91 Å². The number of aromatic nitrogens is 1. The molecule has 0 radical (unpaired) electrons. The normalized spacial score (nSPS) is 10.5. The van der Waals surface area contributed by atoms with Crippen LogP contribution < -0.4 is 0 Å². The zero-order valence-corrected chi connectivity index (χ0v) is 13.0. The molecule has 4 nitrogen and oxygen atoms in total. The number of hydrogen-bond acceptors (Lipinski definition) is 3. The number of hydrogen-bond donors (Lipinski definition) is 0. The summed E-state index contributed by atoms with van der Waals surface area (Å²) < 4.78 is 5.92. The van der Waals surface area contributed by atoms with E-state index in [1.165, 1.54) is 18.2 Å². The Morgan fingerprint density at radius 2 is 2.25 bits per heavy atom. The zero-order chi connectivity index (χ0) is 14.4. The van der Waals surface area contributed by atoms with E-state index in [1.54, 1.807) is 11.9 Å². The van der Waals surface area contributed by atoms with Crippen LogP contribution in [0.5, 0.6) is 0 Å². The molecule has 1 aromatic carbocycles. The molecule has 0 fully saturated rings. The van der Waals surface area contributed by atoms with Crippen molar-refractivity contribution >= 4 is 21.8 Å². The minimum absolute atomic E-state index is 0.0961. The number of nitrogens with zero attached hydrogens (tertiary/aromatic N) is 2. The Morgan fingerprint density at radius 3 is 2.95 bits per heavy atom. The van der Waals surface area contributed by atoms with Gasteiger partial charge < -0.3 is 9.32 Å². The van der Waals surface area contributed by atoms with Crippen LogP contribution in [0.3, 0.4) is 0 Å². The Morgan fingerprint density at radius 1 is 1.40 bits per heavy atom. The predicted octanol–water partition coefficient (Wildman–Crippen LogP) is 3.53. The first-order chi connectivity index (χ1) is 9.66. The first-order valence-corrected chi connectivity index (χ1v) is 7.34. The summed E-state index contributed by atoms with van der Waals surface area (Å²) >= 11 is 3.47. The number of rotatable bonds is 6. The van der Waals surface area contributed by atoms with Gasteiger partial charge >= 0.3 is 0 Å². The molecule has 0 aliphatic heterocycles. The van der Waals surface area contributed by atoms with E-state index in [1.807, 2.05) is 12.1 Å². The third kappa shape index (κ3) is 4.20. The van der Waals surface area contributed by atoms with Crippen molar-refractivity contribution < 1.29 is 9.21 Å². The largest absolute Gasteiger partial charge is 0.451 e. The van der Waals surface area contributed by atoms with Gasteiger partial charge in [-0.3, -0.25) is 4.79 Å². The molecule has 0 atom stereocenters. The highest BCUT2D eigenvalue weighted by Crippen LogP contribution is 2.13. The van der Waals surface area contributed by atoms with Crippen molar-refractivity contribution in [3.05, 3.63) is 52.7 Å². The smallest absolute Gasteiger partial charge is 0.275 e. The van der Waals surface area contributed by atoms with Crippen LogP contribution in [-0.2, 0) is 6.42 Å². The Kier molecular flexibility index (Phi) is 5.35. The van der Waals surface area contributed by atoms with E-state index in [9.17, 15) is 4.79 Å². The van der Waals surface area contributed by atoms with Crippen LogP contribution in [-0.4, -0.2) is 29.4 Å². The van der Waals surface area contributed by atoms with Crippen molar-refractivity contribution in [3.8, 4) is 0 Å². The number of carbonyl (C=O) groups is 1. The number of amides is 1. The first kappa shape index (κ1) is 14.8. The predicted molar refractivity (Wildman–Crippen MR) is 80.5 cm³/mol. The molecule has 20 heavy (non-hydrogen) atoms. The van der Waals surface area contributed by atoms with Crippen molar-refractivity contribution in [3.63, 3.8) is 0 Å². The maximum absolute atomic E-state index is 11.9. The molecule has 0 bridgehead atoms. The summed E-state index contributed by atoms with van der Waals surface area (Å²) in [5.41, 5.74) is 1.67. The number of carbonyl (C=O) groups excluding carboxylic acids is 1. The summed E-state index contributed by atoms with van der Waals surface area (Å²) in [6, 6.07) is 8.31. The van der Waals surface area contributed by atoms with Crippen molar-refractivity contribution in [1.29, 1.82) is 0 Å². The SMILES string of the molecule is CN(CCCCc1cccc(Br)c1)C(=O)c1cocn1. The lowest BCUT2D eigenvalue weighted by Gasteiger charge is -2.15. The average molecular weight is 337 g/mol. The minimum Gasteiger partial charge on any atom is -0.451 e. The summed E-state index contributed by atoms with van der Waals surface area (Å²) in [5, 5.41) is 0. The maximum Gasteiger partial charge on any atom is 0.275 e. The van der Waals surface area contributed by atoms with Crippen LogP contribution in [0.15, 0.2) is 45.8 Å². The lowest BCUT2D eigenvalue weighted by atomic mass is 10.1. The molecule has 0 aliphatic rings. The van der Waals surface area contributed by atoms with Crippen LogP contribution in [0.2, 0.25) is 0 Å². The molecular weight excluding hydrogens is 320 g/mol. The Labute approximate surface area is 126 Å². The van der Waals surface area contributed by atoms with Crippen LogP contribution in [0.25, 0.3) is 0 Å².